The predicted octanol–water partition coefficient (Wildman–Crippen LogP) is 4.51. The molecule has 106 valence electrons. The summed E-state index contributed by atoms with van der Waals surface area (Å²) in [6.45, 7) is 6.68. The standard InChI is InChI=1S/C17H20ClNO/c1-11-8-14(9-12(2)17(11)20)10-19-13(3)15-6-4-5-7-16(15)18/h4-9,13,19-20H,10H2,1-3H3/t13-/m0/s1. The Morgan fingerprint density at radius 1 is 1.15 bits per heavy atom. The fourth-order valence-electron chi connectivity index (χ4n) is 2.35. The molecule has 0 bridgehead atoms. The van der Waals surface area contributed by atoms with Gasteiger partial charge in [-0.25, -0.2) is 0 Å². The van der Waals surface area contributed by atoms with Crippen LogP contribution in [0.1, 0.15) is 35.2 Å². The highest BCUT2D eigenvalue weighted by molar-refractivity contribution is 6.31. The smallest absolute Gasteiger partial charge is 0.121 e. The molecule has 2 rings (SSSR count). The van der Waals surface area contributed by atoms with E-state index in [0.29, 0.717) is 5.75 Å². The van der Waals surface area contributed by atoms with Gasteiger partial charge in [-0.15, -0.1) is 0 Å². The van der Waals surface area contributed by atoms with E-state index in [9.17, 15) is 5.11 Å². The Labute approximate surface area is 125 Å². The van der Waals surface area contributed by atoms with Crippen LogP contribution in [0.25, 0.3) is 0 Å². The predicted molar refractivity (Wildman–Crippen MR) is 84.3 cm³/mol. The molecule has 2 aromatic rings. The van der Waals surface area contributed by atoms with E-state index in [0.717, 1.165) is 33.8 Å². The molecule has 0 spiro atoms. The third kappa shape index (κ3) is 3.33. The maximum Gasteiger partial charge on any atom is 0.121 e. The van der Waals surface area contributed by atoms with Gasteiger partial charge in [0.05, 0.1) is 0 Å². The zero-order valence-corrected chi connectivity index (χ0v) is 12.8. The van der Waals surface area contributed by atoms with Crippen molar-refractivity contribution in [2.45, 2.75) is 33.4 Å². The normalized spacial score (nSPS) is 12.4. The number of benzene rings is 2. The Hall–Kier alpha value is -1.51. The molecule has 0 saturated carbocycles. The topological polar surface area (TPSA) is 32.3 Å². The van der Waals surface area contributed by atoms with Gasteiger partial charge in [-0.2, -0.15) is 0 Å². The van der Waals surface area contributed by atoms with Crippen LogP contribution >= 0.6 is 11.6 Å². The summed E-state index contributed by atoms with van der Waals surface area (Å²) >= 11 is 6.20. The highest BCUT2D eigenvalue weighted by atomic mass is 35.5. The van der Waals surface area contributed by atoms with Crippen molar-refractivity contribution in [3.63, 3.8) is 0 Å². The van der Waals surface area contributed by atoms with E-state index in [2.05, 4.69) is 12.2 Å². The number of aryl methyl sites for hydroxylation is 2. The van der Waals surface area contributed by atoms with Crippen LogP contribution < -0.4 is 5.32 Å². The van der Waals surface area contributed by atoms with Crippen molar-refractivity contribution in [3.8, 4) is 5.75 Å². The summed E-state index contributed by atoms with van der Waals surface area (Å²) in [5.41, 5.74) is 4.08. The van der Waals surface area contributed by atoms with Gasteiger partial charge in [-0.3, -0.25) is 0 Å². The van der Waals surface area contributed by atoms with Crippen LogP contribution in [0.15, 0.2) is 36.4 Å². The Kier molecular flexibility index (Phi) is 4.69. The molecule has 0 aliphatic heterocycles. The van der Waals surface area contributed by atoms with Crippen LogP contribution in [0.5, 0.6) is 5.75 Å². The van der Waals surface area contributed by atoms with E-state index < -0.39 is 0 Å². The summed E-state index contributed by atoms with van der Waals surface area (Å²) in [6, 6.07) is 12.1. The van der Waals surface area contributed by atoms with Crippen molar-refractivity contribution in [1.29, 1.82) is 0 Å². The third-order valence-corrected chi connectivity index (χ3v) is 3.88. The summed E-state index contributed by atoms with van der Waals surface area (Å²) < 4.78 is 0. The maximum absolute atomic E-state index is 9.78. The molecule has 0 radical (unpaired) electrons. The summed E-state index contributed by atoms with van der Waals surface area (Å²) in [4.78, 5) is 0. The molecular formula is C17H20ClNO. The molecule has 2 N–H and O–H groups in total. The van der Waals surface area contributed by atoms with Crippen molar-refractivity contribution >= 4 is 11.6 Å². The second kappa shape index (κ2) is 6.29. The lowest BCUT2D eigenvalue weighted by Gasteiger charge is -2.16. The Bertz CT molecular complexity index is 587. The van der Waals surface area contributed by atoms with E-state index in [1.807, 2.05) is 50.2 Å². The van der Waals surface area contributed by atoms with Crippen LogP contribution in [-0.2, 0) is 6.54 Å². The number of hydrogen-bond acceptors (Lipinski definition) is 2. The van der Waals surface area contributed by atoms with E-state index in [1.54, 1.807) is 0 Å². The first-order valence-corrected chi connectivity index (χ1v) is 7.13. The quantitative estimate of drug-likeness (QED) is 0.868. The molecule has 0 fully saturated rings. The molecular weight excluding hydrogens is 270 g/mol. The minimum absolute atomic E-state index is 0.179. The first-order valence-electron chi connectivity index (χ1n) is 6.76. The van der Waals surface area contributed by atoms with E-state index in [-0.39, 0.29) is 6.04 Å². The fourth-order valence-corrected chi connectivity index (χ4v) is 2.65. The van der Waals surface area contributed by atoms with Crippen LogP contribution in [0, 0.1) is 13.8 Å². The molecule has 2 aromatic carbocycles. The first-order chi connectivity index (χ1) is 9.49. The van der Waals surface area contributed by atoms with E-state index >= 15 is 0 Å². The Morgan fingerprint density at radius 2 is 1.75 bits per heavy atom. The summed E-state index contributed by atoms with van der Waals surface area (Å²) in [7, 11) is 0. The van der Waals surface area contributed by atoms with Gasteiger partial charge in [-0.05, 0) is 49.1 Å². The summed E-state index contributed by atoms with van der Waals surface area (Å²) in [5, 5.41) is 14.0. The van der Waals surface area contributed by atoms with Crippen LogP contribution in [0.4, 0.5) is 0 Å². The van der Waals surface area contributed by atoms with E-state index in [1.165, 1.54) is 0 Å². The molecule has 0 aliphatic carbocycles. The van der Waals surface area contributed by atoms with Gasteiger partial charge < -0.3 is 10.4 Å². The molecule has 0 unspecified atom stereocenters. The van der Waals surface area contributed by atoms with Crippen LogP contribution in [0.2, 0.25) is 5.02 Å². The van der Waals surface area contributed by atoms with Gasteiger partial charge in [-0.1, -0.05) is 41.9 Å². The average molecular weight is 290 g/mol. The molecule has 0 amide bonds. The largest absolute Gasteiger partial charge is 0.507 e. The zero-order valence-electron chi connectivity index (χ0n) is 12.1. The van der Waals surface area contributed by atoms with Crippen LogP contribution in [-0.4, -0.2) is 5.11 Å². The molecule has 20 heavy (non-hydrogen) atoms. The molecule has 2 nitrogen and oxygen atoms in total. The van der Waals surface area contributed by atoms with Gasteiger partial charge in [0.1, 0.15) is 5.75 Å². The average Bonchev–Trinajstić information content (AvgIpc) is 2.42. The molecule has 0 aliphatic rings. The lowest BCUT2D eigenvalue weighted by atomic mass is 10.0. The maximum atomic E-state index is 9.78. The summed E-state index contributed by atoms with van der Waals surface area (Å²) in [5.74, 6) is 0.382. The Morgan fingerprint density at radius 3 is 2.35 bits per heavy atom. The molecule has 3 heteroatoms. The lowest BCUT2D eigenvalue weighted by molar-refractivity contribution is 0.466. The number of rotatable bonds is 4. The van der Waals surface area contributed by atoms with Crippen molar-refractivity contribution in [2.75, 3.05) is 0 Å². The highest BCUT2D eigenvalue weighted by Crippen LogP contribution is 2.25. The molecule has 0 aromatic heterocycles. The number of halogens is 1. The van der Waals surface area contributed by atoms with Crippen LogP contribution in [0.3, 0.4) is 0 Å². The second-order valence-corrected chi connectivity index (χ2v) is 5.61. The van der Waals surface area contributed by atoms with Crippen molar-refractivity contribution in [3.05, 3.63) is 63.7 Å². The third-order valence-electron chi connectivity index (χ3n) is 3.53. The second-order valence-electron chi connectivity index (χ2n) is 5.20. The number of phenols is 1. The van der Waals surface area contributed by atoms with Crippen molar-refractivity contribution in [1.82, 2.24) is 5.32 Å². The number of phenolic OH excluding ortho intramolecular Hbond substituents is 1. The highest BCUT2D eigenvalue weighted by Gasteiger charge is 2.09. The van der Waals surface area contributed by atoms with Gasteiger partial charge in [0, 0.05) is 17.6 Å². The van der Waals surface area contributed by atoms with Gasteiger partial charge in [0.15, 0.2) is 0 Å². The van der Waals surface area contributed by atoms with Gasteiger partial charge in [0.25, 0.3) is 0 Å². The molecule has 0 heterocycles. The molecule has 0 saturated heterocycles. The number of nitrogens with one attached hydrogen (secondary N) is 1. The Balaban J connectivity index is 2.07. The van der Waals surface area contributed by atoms with Gasteiger partial charge in [0.2, 0.25) is 0 Å². The van der Waals surface area contributed by atoms with Crippen molar-refractivity contribution < 1.29 is 5.11 Å². The first kappa shape index (κ1) is 14.9. The SMILES string of the molecule is Cc1cc(CN[C@@H](C)c2ccccc2Cl)cc(C)c1O. The van der Waals surface area contributed by atoms with Gasteiger partial charge >= 0.3 is 0 Å². The molecule has 1 atom stereocenters. The summed E-state index contributed by atoms with van der Waals surface area (Å²) in [6.07, 6.45) is 0. The fraction of sp³-hybridized carbons (Fsp3) is 0.294. The monoisotopic (exact) mass is 289 g/mol. The lowest BCUT2D eigenvalue weighted by Crippen LogP contribution is -2.18. The zero-order chi connectivity index (χ0) is 14.7. The minimum Gasteiger partial charge on any atom is -0.507 e. The van der Waals surface area contributed by atoms with E-state index in [4.69, 9.17) is 11.6 Å². The minimum atomic E-state index is 0.179. The van der Waals surface area contributed by atoms with Crippen molar-refractivity contribution in [2.24, 2.45) is 0 Å². The number of aromatic hydroxyl groups is 1. The number of hydrogen-bond donors (Lipinski definition) is 2.